The summed E-state index contributed by atoms with van der Waals surface area (Å²) in [5.74, 6) is 0. The Morgan fingerprint density at radius 2 is 1.94 bits per heavy atom. The number of hydrogen-bond acceptors (Lipinski definition) is 4. The molecule has 2 heterocycles. The lowest BCUT2D eigenvalue weighted by Crippen LogP contribution is -2.11. The third-order valence-electron chi connectivity index (χ3n) is 2.24. The van der Waals surface area contributed by atoms with Crippen LogP contribution < -0.4 is 5.56 Å². The summed E-state index contributed by atoms with van der Waals surface area (Å²) >= 11 is 1.17. The van der Waals surface area contributed by atoms with Gasteiger partial charge in [0.05, 0.1) is 11.9 Å². The lowest BCUT2D eigenvalue weighted by Gasteiger charge is -1.97. The van der Waals surface area contributed by atoms with Crippen LogP contribution in [-0.2, 0) is 0 Å². The van der Waals surface area contributed by atoms with Gasteiger partial charge in [-0.15, -0.1) is 0 Å². The maximum atomic E-state index is 11.5. The highest BCUT2D eigenvalue weighted by atomic mass is 32.2. The highest BCUT2D eigenvalue weighted by Gasteiger charge is 2.07. The Hall–Kier alpha value is -2.01. The Morgan fingerprint density at radius 1 is 1.12 bits per heavy atom. The normalized spacial score (nSPS) is 10.8. The average Bonchev–Trinajstić information content (AvgIpc) is 2.74. The van der Waals surface area contributed by atoms with E-state index in [1.807, 2.05) is 24.3 Å². The molecule has 0 saturated carbocycles. The van der Waals surface area contributed by atoms with Crippen LogP contribution in [0.3, 0.4) is 0 Å². The molecule has 0 bridgehead atoms. The second-order valence-corrected chi connectivity index (χ2v) is 4.33. The van der Waals surface area contributed by atoms with Crippen LogP contribution in [0.2, 0.25) is 0 Å². The molecule has 0 spiro atoms. The zero-order valence-corrected chi connectivity index (χ0v) is 9.55. The van der Waals surface area contributed by atoms with Gasteiger partial charge in [-0.25, -0.2) is 8.96 Å². The molecule has 2 aromatic heterocycles. The van der Waals surface area contributed by atoms with Crippen LogP contribution in [0.5, 0.6) is 0 Å². The molecule has 0 aliphatic carbocycles. The Kier molecular flexibility index (Phi) is 2.45. The third kappa shape index (κ3) is 1.97. The maximum Gasteiger partial charge on any atom is 0.278 e. The van der Waals surface area contributed by atoms with Crippen LogP contribution >= 0.6 is 11.9 Å². The van der Waals surface area contributed by atoms with Crippen molar-refractivity contribution in [1.29, 1.82) is 0 Å². The van der Waals surface area contributed by atoms with Gasteiger partial charge in [-0.05, 0) is 18.2 Å². The molecule has 0 atom stereocenters. The summed E-state index contributed by atoms with van der Waals surface area (Å²) in [5.41, 5.74) is 1.41. The monoisotopic (exact) mass is 244 g/mol. The van der Waals surface area contributed by atoms with Crippen molar-refractivity contribution >= 4 is 23.0 Å². The van der Waals surface area contributed by atoms with Gasteiger partial charge < -0.3 is 4.42 Å². The van der Waals surface area contributed by atoms with E-state index in [0.717, 1.165) is 11.1 Å². The summed E-state index contributed by atoms with van der Waals surface area (Å²) < 4.78 is 7.00. The number of hydrogen-bond donors (Lipinski definition) is 0. The van der Waals surface area contributed by atoms with Crippen molar-refractivity contribution in [3.05, 3.63) is 59.0 Å². The van der Waals surface area contributed by atoms with E-state index in [1.54, 1.807) is 18.3 Å². The lowest BCUT2D eigenvalue weighted by molar-refractivity contribution is 0.488. The van der Waals surface area contributed by atoms with E-state index >= 15 is 0 Å². The van der Waals surface area contributed by atoms with E-state index in [0.29, 0.717) is 5.22 Å². The molecule has 0 aliphatic heterocycles. The first kappa shape index (κ1) is 10.2. The predicted octanol–water partition coefficient (Wildman–Crippen LogP) is 2.54. The van der Waals surface area contributed by atoms with E-state index < -0.39 is 0 Å². The summed E-state index contributed by atoms with van der Waals surface area (Å²) in [6.07, 6.45) is 1.68. The molecule has 3 rings (SSSR count). The topological polar surface area (TPSA) is 48.0 Å². The molecule has 0 aliphatic rings. The minimum Gasteiger partial charge on any atom is -0.430 e. The Morgan fingerprint density at radius 3 is 2.76 bits per heavy atom. The van der Waals surface area contributed by atoms with Gasteiger partial charge in [0.15, 0.2) is 5.58 Å². The van der Waals surface area contributed by atoms with Gasteiger partial charge in [-0.3, -0.25) is 4.79 Å². The van der Waals surface area contributed by atoms with Crippen LogP contribution in [0.15, 0.2) is 63.1 Å². The molecular weight excluding hydrogens is 236 g/mol. The van der Waals surface area contributed by atoms with E-state index in [2.05, 4.69) is 4.98 Å². The molecular formula is C12H8N2O2S. The zero-order valence-electron chi connectivity index (χ0n) is 8.74. The molecule has 0 N–H and O–H groups in total. The van der Waals surface area contributed by atoms with E-state index in [9.17, 15) is 4.79 Å². The zero-order chi connectivity index (χ0) is 11.7. The number of rotatable bonds is 2. The minimum atomic E-state index is -0.0974. The fourth-order valence-corrected chi connectivity index (χ4v) is 2.18. The smallest absolute Gasteiger partial charge is 0.278 e. The van der Waals surface area contributed by atoms with Crippen LogP contribution in [0.25, 0.3) is 11.1 Å². The number of fused-ring (bicyclic) bond motifs is 1. The van der Waals surface area contributed by atoms with Crippen molar-refractivity contribution in [3.8, 4) is 0 Å². The largest absolute Gasteiger partial charge is 0.430 e. The Balaban J connectivity index is 2.00. The number of benzene rings is 1. The average molecular weight is 244 g/mol. The highest BCUT2D eigenvalue weighted by Crippen LogP contribution is 2.22. The quantitative estimate of drug-likeness (QED) is 0.695. The number of aromatic nitrogens is 2. The maximum absolute atomic E-state index is 11.5. The molecule has 4 nitrogen and oxygen atoms in total. The fourth-order valence-electron chi connectivity index (χ4n) is 1.46. The molecule has 0 amide bonds. The summed E-state index contributed by atoms with van der Waals surface area (Å²) in [6, 6.07) is 12.5. The number of oxazole rings is 1. The van der Waals surface area contributed by atoms with E-state index in [-0.39, 0.29) is 5.56 Å². The highest BCUT2D eigenvalue weighted by molar-refractivity contribution is 7.97. The van der Waals surface area contributed by atoms with Gasteiger partial charge in [0.1, 0.15) is 5.52 Å². The first-order valence-electron chi connectivity index (χ1n) is 5.04. The van der Waals surface area contributed by atoms with Crippen molar-refractivity contribution in [1.82, 2.24) is 8.96 Å². The molecule has 0 unspecified atom stereocenters. The van der Waals surface area contributed by atoms with Crippen LogP contribution in [-0.4, -0.2) is 8.96 Å². The van der Waals surface area contributed by atoms with E-state index in [4.69, 9.17) is 4.42 Å². The van der Waals surface area contributed by atoms with Crippen molar-refractivity contribution in [3.63, 3.8) is 0 Å². The number of pyridine rings is 1. The van der Waals surface area contributed by atoms with Crippen LogP contribution in [0, 0.1) is 0 Å². The summed E-state index contributed by atoms with van der Waals surface area (Å²) in [4.78, 5) is 15.8. The number of para-hydroxylation sites is 2. The standard InChI is InChI=1S/C12H8N2O2S/c15-11-7-3-4-8-14(11)17-12-13-9-5-1-2-6-10(9)16-12/h1-8H. The molecule has 17 heavy (non-hydrogen) atoms. The van der Waals surface area contributed by atoms with E-state index in [1.165, 1.54) is 22.0 Å². The molecule has 0 saturated heterocycles. The van der Waals surface area contributed by atoms with Gasteiger partial charge in [-0.2, -0.15) is 0 Å². The predicted molar refractivity (Wildman–Crippen MR) is 66.0 cm³/mol. The molecule has 5 heteroatoms. The van der Waals surface area contributed by atoms with Crippen LogP contribution in [0.4, 0.5) is 0 Å². The second kappa shape index (κ2) is 4.10. The summed E-state index contributed by atoms with van der Waals surface area (Å²) in [5, 5.41) is 0.458. The van der Waals surface area contributed by atoms with Gasteiger partial charge in [0, 0.05) is 12.3 Å². The molecule has 0 fully saturated rings. The Labute approximate surface area is 101 Å². The number of nitrogens with zero attached hydrogens (tertiary/aromatic N) is 2. The second-order valence-electron chi connectivity index (χ2n) is 3.40. The van der Waals surface area contributed by atoms with Crippen LogP contribution in [0.1, 0.15) is 0 Å². The minimum absolute atomic E-state index is 0.0974. The van der Waals surface area contributed by atoms with Crippen molar-refractivity contribution < 1.29 is 4.42 Å². The molecule has 84 valence electrons. The van der Waals surface area contributed by atoms with Crippen molar-refractivity contribution in [2.24, 2.45) is 0 Å². The molecule has 3 aromatic rings. The van der Waals surface area contributed by atoms with Gasteiger partial charge in [0.2, 0.25) is 0 Å². The third-order valence-corrected chi connectivity index (χ3v) is 3.07. The SMILES string of the molecule is O=c1ccccn1Sc1nc2ccccc2o1. The van der Waals surface area contributed by atoms with Crippen molar-refractivity contribution in [2.45, 2.75) is 5.22 Å². The molecule has 1 aromatic carbocycles. The summed E-state index contributed by atoms with van der Waals surface area (Å²) in [7, 11) is 0. The lowest BCUT2D eigenvalue weighted by atomic mass is 10.3. The molecule has 0 radical (unpaired) electrons. The van der Waals surface area contributed by atoms with Gasteiger partial charge in [0.25, 0.3) is 10.8 Å². The first-order chi connectivity index (χ1) is 8.33. The van der Waals surface area contributed by atoms with Crippen molar-refractivity contribution in [2.75, 3.05) is 0 Å². The first-order valence-corrected chi connectivity index (χ1v) is 5.82. The fraction of sp³-hybridized carbons (Fsp3) is 0. The van der Waals surface area contributed by atoms with Gasteiger partial charge in [-0.1, -0.05) is 18.2 Å². The van der Waals surface area contributed by atoms with Gasteiger partial charge >= 0.3 is 0 Å². The summed E-state index contributed by atoms with van der Waals surface area (Å²) in [6.45, 7) is 0. The Bertz CT molecular complexity index is 684.